The van der Waals surface area contributed by atoms with E-state index in [0.29, 0.717) is 11.5 Å². The van der Waals surface area contributed by atoms with Crippen LogP contribution in [0.3, 0.4) is 0 Å². The number of halogens is 1. The molecule has 90 valence electrons. The van der Waals surface area contributed by atoms with Crippen LogP contribution >= 0.6 is 15.9 Å². The fraction of sp³-hybridized carbons (Fsp3) is 0.455. The fourth-order valence-corrected chi connectivity index (χ4v) is 1.97. The van der Waals surface area contributed by atoms with Crippen LogP contribution in [0.1, 0.15) is 5.56 Å². The van der Waals surface area contributed by atoms with Crippen LogP contribution in [0.15, 0.2) is 16.6 Å². The third kappa shape index (κ3) is 3.37. The second-order valence-corrected chi connectivity index (χ2v) is 4.07. The summed E-state index contributed by atoms with van der Waals surface area (Å²) in [5.41, 5.74) is 1.10. The van der Waals surface area contributed by atoms with Crippen LogP contribution in [0.5, 0.6) is 11.5 Å². The third-order valence-corrected chi connectivity index (χ3v) is 2.60. The first kappa shape index (κ1) is 13.3. The van der Waals surface area contributed by atoms with Gasteiger partial charge in [-0.05, 0) is 40.7 Å². The van der Waals surface area contributed by atoms with Gasteiger partial charge in [0.2, 0.25) is 0 Å². The maximum absolute atomic E-state index is 8.73. The van der Waals surface area contributed by atoms with E-state index in [-0.39, 0.29) is 13.2 Å². The van der Waals surface area contributed by atoms with Gasteiger partial charge in [-0.3, -0.25) is 0 Å². The molecular formula is C11H16BrNO3. The Hall–Kier alpha value is -0.780. The van der Waals surface area contributed by atoms with Gasteiger partial charge in [0.25, 0.3) is 0 Å². The van der Waals surface area contributed by atoms with Crippen molar-refractivity contribution in [3.05, 3.63) is 22.2 Å². The zero-order chi connectivity index (χ0) is 12.0. The molecule has 1 rings (SSSR count). The molecule has 0 atom stereocenters. The van der Waals surface area contributed by atoms with E-state index in [0.717, 1.165) is 16.6 Å². The molecule has 5 heteroatoms. The largest absolute Gasteiger partial charge is 0.493 e. The Balaban J connectivity index is 2.97. The van der Waals surface area contributed by atoms with Crippen molar-refractivity contribution in [1.29, 1.82) is 0 Å². The van der Waals surface area contributed by atoms with Gasteiger partial charge in [-0.2, -0.15) is 0 Å². The zero-order valence-corrected chi connectivity index (χ0v) is 11.0. The van der Waals surface area contributed by atoms with Crippen LogP contribution in [0.2, 0.25) is 0 Å². The SMILES string of the molecule is CNCc1cc(Br)c(OCCO)c(OC)c1. The molecule has 0 bridgehead atoms. The predicted molar refractivity (Wildman–Crippen MR) is 66.0 cm³/mol. The lowest BCUT2D eigenvalue weighted by atomic mass is 10.2. The van der Waals surface area contributed by atoms with Gasteiger partial charge in [0.1, 0.15) is 6.61 Å². The second kappa shape index (κ2) is 6.73. The molecular weight excluding hydrogens is 274 g/mol. The monoisotopic (exact) mass is 289 g/mol. The Morgan fingerprint density at radius 1 is 1.44 bits per heavy atom. The van der Waals surface area contributed by atoms with Crippen molar-refractivity contribution in [1.82, 2.24) is 5.32 Å². The van der Waals surface area contributed by atoms with Crippen LogP contribution in [-0.4, -0.2) is 32.5 Å². The smallest absolute Gasteiger partial charge is 0.175 e. The topological polar surface area (TPSA) is 50.7 Å². The molecule has 0 fully saturated rings. The van der Waals surface area contributed by atoms with Crippen molar-refractivity contribution in [2.24, 2.45) is 0 Å². The van der Waals surface area contributed by atoms with Gasteiger partial charge in [-0.15, -0.1) is 0 Å². The number of ether oxygens (including phenoxy) is 2. The molecule has 1 aromatic rings. The summed E-state index contributed by atoms with van der Waals surface area (Å²) < 4.78 is 11.5. The fourth-order valence-electron chi connectivity index (χ4n) is 1.37. The van der Waals surface area contributed by atoms with Gasteiger partial charge in [0.15, 0.2) is 11.5 Å². The highest BCUT2D eigenvalue weighted by Gasteiger charge is 2.11. The van der Waals surface area contributed by atoms with E-state index in [9.17, 15) is 0 Å². The lowest BCUT2D eigenvalue weighted by molar-refractivity contribution is 0.195. The minimum Gasteiger partial charge on any atom is -0.493 e. The molecule has 0 aliphatic carbocycles. The van der Waals surface area contributed by atoms with Crippen LogP contribution < -0.4 is 14.8 Å². The number of nitrogens with one attached hydrogen (secondary N) is 1. The number of hydrogen-bond acceptors (Lipinski definition) is 4. The van der Waals surface area contributed by atoms with Gasteiger partial charge in [0, 0.05) is 6.54 Å². The maximum Gasteiger partial charge on any atom is 0.175 e. The highest BCUT2D eigenvalue weighted by molar-refractivity contribution is 9.10. The maximum atomic E-state index is 8.73. The van der Waals surface area contributed by atoms with Gasteiger partial charge < -0.3 is 19.9 Å². The summed E-state index contributed by atoms with van der Waals surface area (Å²) in [4.78, 5) is 0. The second-order valence-electron chi connectivity index (χ2n) is 3.21. The van der Waals surface area contributed by atoms with Crippen molar-refractivity contribution < 1.29 is 14.6 Å². The molecule has 0 radical (unpaired) electrons. The lowest BCUT2D eigenvalue weighted by Crippen LogP contribution is -2.07. The number of rotatable bonds is 6. The minimum absolute atomic E-state index is 0.0200. The predicted octanol–water partition coefficient (Wildman–Crippen LogP) is 1.55. The normalized spacial score (nSPS) is 10.2. The first-order chi connectivity index (χ1) is 7.72. The number of methoxy groups -OCH3 is 1. The van der Waals surface area contributed by atoms with E-state index >= 15 is 0 Å². The molecule has 4 nitrogen and oxygen atoms in total. The van der Waals surface area contributed by atoms with Crippen molar-refractivity contribution in [2.75, 3.05) is 27.4 Å². The number of aliphatic hydroxyl groups excluding tert-OH is 1. The zero-order valence-electron chi connectivity index (χ0n) is 9.42. The molecule has 0 saturated heterocycles. The Bertz CT molecular complexity index is 344. The van der Waals surface area contributed by atoms with Gasteiger partial charge in [-0.25, -0.2) is 0 Å². The molecule has 0 spiro atoms. The van der Waals surface area contributed by atoms with Gasteiger partial charge in [-0.1, -0.05) is 0 Å². The van der Waals surface area contributed by atoms with E-state index in [2.05, 4.69) is 21.2 Å². The van der Waals surface area contributed by atoms with E-state index in [1.165, 1.54) is 0 Å². The van der Waals surface area contributed by atoms with E-state index in [4.69, 9.17) is 14.6 Å². The molecule has 0 aromatic heterocycles. The number of benzene rings is 1. The molecule has 0 saturated carbocycles. The molecule has 0 amide bonds. The summed E-state index contributed by atoms with van der Waals surface area (Å²) in [6.07, 6.45) is 0. The summed E-state index contributed by atoms with van der Waals surface area (Å²) >= 11 is 3.42. The van der Waals surface area contributed by atoms with Crippen molar-refractivity contribution in [3.8, 4) is 11.5 Å². The van der Waals surface area contributed by atoms with Gasteiger partial charge in [0.05, 0.1) is 18.2 Å². The summed E-state index contributed by atoms with van der Waals surface area (Å²) in [6, 6.07) is 3.87. The highest BCUT2D eigenvalue weighted by atomic mass is 79.9. The Kier molecular flexibility index (Phi) is 5.59. The summed E-state index contributed by atoms with van der Waals surface area (Å²) in [6.45, 7) is 0.990. The Labute approximate surface area is 104 Å². The lowest BCUT2D eigenvalue weighted by Gasteiger charge is -2.13. The average Bonchev–Trinajstić information content (AvgIpc) is 2.27. The highest BCUT2D eigenvalue weighted by Crippen LogP contribution is 2.36. The molecule has 0 heterocycles. The number of hydrogen-bond donors (Lipinski definition) is 2. The average molecular weight is 290 g/mol. The summed E-state index contributed by atoms with van der Waals surface area (Å²) in [7, 11) is 3.48. The van der Waals surface area contributed by atoms with E-state index in [1.807, 2.05) is 19.2 Å². The molecule has 0 unspecified atom stereocenters. The third-order valence-electron chi connectivity index (χ3n) is 2.01. The van der Waals surface area contributed by atoms with Crippen LogP contribution in [-0.2, 0) is 6.54 Å². The molecule has 2 N–H and O–H groups in total. The van der Waals surface area contributed by atoms with Crippen molar-refractivity contribution in [2.45, 2.75) is 6.54 Å². The van der Waals surface area contributed by atoms with Crippen LogP contribution in [0.4, 0.5) is 0 Å². The molecule has 0 aliphatic heterocycles. The molecule has 16 heavy (non-hydrogen) atoms. The van der Waals surface area contributed by atoms with E-state index in [1.54, 1.807) is 7.11 Å². The first-order valence-corrected chi connectivity index (χ1v) is 5.77. The Morgan fingerprint density at radius 3 is 2.75 bits per heavy atom. The number of aliphatic hydroxyl groups is 1. The molecule has 1 aromatic carbocycles. The van der Waals surface area contributed by atoms with Crippen molar-refractivity contribution in [3.63, 3.8) is 0 Å². The van der Waals surface area contributed by atoms with Gasteiger partial charge >= 0.3 is 0 Å². The quantitative estimate of drug-likeness (QED) is 0.834. The Morgan fingerprint density at radius 2 is 2.19 bits per heavy atom. The van der Waals surface area contributed by atoms with Crippen LogP contribution in [0.25, 0.3) is 0 Å². The first-order valence-electron chi connectivity index (χ1n) is 4.97. The van der Waals surface area contributed by atoms with Crippen LogP contribution in [0, 0.1) is 0 Å². The van der Waals surface area contributed by atoms with Crippen molar-refractivity contribution >= 4 is 15.9 Å². The minimum atomic E-state index is -0.0200. The summed E-state index contributed by atoms with van der Waals surface area (Å²) in [5, 5.41) is 11.8. The standard InChI is InChI=1S/C11H16BrNO3/c1-13-7-8-5-9(12)11(16-4-3-14)10(6-8)15-2/h5-6,13-14H,3-4,7H2,1-2H3. The van der Waals surface area contributed by atoms with E-state index < -0.39 is 0 Å². The molecule has 0 aliphatic rings. The summed E-state index contributed by atoms with van der Waals surface area (Å²) in [5.74, 6) is 1.28.